The summed E-state index contributed by atoms with van der Waals surface area (Å²) in [6, 6.07) is 18.1. The lowest BCUT2D eigenvalue weighted by Crippen LogP contribution is -2.34. The van der Waals surface area contributed by atoms with Crippen molar-refractivity contribution in [1.29, 1.82) is 0 Å². The molecule has 1 saturated heterocycles. The standard InChI is InChI=1S/C22H24.O2Si2/c1-21(2)13-19-18-10-9-15-7-5-6-8-16(15)17(18)11-12-20(19)22(3,4)14-21;1-3-2-4-1/h5-12H,13-14H2,1-4H3;. The molecule has 132 valence electrons. The Morgan fingerprint density at radius 1 is 0.769 bits per heavy atom. The third-order valence-corrected chi connectivity index (χ3v) is 6.84. The van der Waals surface area contributed by atoms with Crippen LogP contribution in [0.3, 0.4) is 0 Å². The van der Waals surface area contributed by atoms with Crippen LogP contribution in [0.5, 0.6) is 0 Å². The van der Waals surface area contributed by atoms with E-state index in [0.29, 0.717) is 25.4 Å². The fourth-order valence-electron chi connectivity index (χ4n) is 4.85. The average Bonchev–Trinajstić information content (AvgIpc) is 2.51. The molecule has 0 bridgehead atoms. The van der Waals surface area contributed by atoms with E-state index >= 15 is 0 Å². The van der Waals surface area contributed by atoms with E-state index in [0.717, 1.165) is 0 Å². The van der Waals surface area contributed by atoms with Crippen LogP contribution in [0.4, 0.5) is 0 Å². The highest BCUT2D eigenvalue weighted by Gasteiger charge is 2.37. The van der Waals surface area contributed by atoms with Gasteiger partial charge in [0.15, 0.2) is 0 Å². The van der Waals surface area contributed by atoms with Crippen LogP contribution in [0.2, 0.25) is 0 Å². The molecular weight excluding hydrogens is 352 g/mol. The number of hydrogen-bond donors (Lipinski definition) is 0. The van der Waals surface area contributed by atoms with E-state index in [9.17, 15) is 0 Å². The number of fused-ring (bicyclic) bond motifs is 5. The molecule has 4 radical (unpaired) electrons. The first-order chi connectivity index (χ1) is 12.4. The SMILES string of the molecule is CC1(C)Cc2c(ccc3c2ccc2ccccc23)C(C)(C)C1.O1[Si]O[Si]1. The van der Waals surface area contributed by atoms with Gasteiger partial charge in [-0.2, -0.15) is 0 Å². The predicted octanol–water partition coefficient (Wildman–Crippen LogP) is 5.34. The van der Waals surface area contributed by atoms with Gasteiger partial charge in [0, 0.05) is 0 Å². The molecule has 2 nitrogen and oxygen atoms in total. The second-order valence-corrected chi connectivity index (χ2v) is 10.7. The lowest BCUT2D eigenvalue weighted by molar-refractivity contribution is 0.232. The summed E-state index contributed by atoms with van der Waals surface area (Å²) in [5.41, 5.74) is 3.76. The summed E-state index contributed by atoms with van der Waals surface area (Å²) in [6.45, 7) is 9.63. The molecule has 3 aromatic rings. The van der Waals surface area contributed by atoms with Gasteiger partial charge in [0.2, 0.25) is 0 Å². The van der Waals surface area contributed by atoms with Crippen molar-refractivity contribution in [2.75, 3.05) is 0 Å². The molecule has 2 aliphatic rings. The third-order valence-electron chi connectivity index (χ3n) is 5.51. The molecule has 0 N–H and O–H groups in total. The van der Waals surface area contributed by atoms with E-state index < -0.39 is 0 Å². The number of hydrogen-bond acceptors (Lipinski definition) is 2. The average molecular weight is 377 g/mol. The van der Waals surface area contributed by atoms with Crippen LogP contribution in [0.25, 0.3) is 21.5 Å². The third kappa shape index (κ3) is 3.27. The van der Waals surface area contributed by atoms with Gasteiger partial charge in [-0.15, -0.1) is 0 Å². The van der Waals surface area contributed by atoms with E-state index in [1.807, 2.05) is 0 Å². The minimum absolute atomic E-state index is 0.261. The van der Waals surface area contributed by atoms with Crippen LogP contribution < -0.4 is 0 Å². The summed E-state index contributed by atoms with van der Waals surface area (Å²) < 4.78 is 9.11. The molecule has 0 unspecified atom stereocenters. The quantitative estimate of drug-likeness (QED) is 0.389. The Balaban J connectivity index is 0.000000373. The maximum Gasteiger partial charge on any atom is 0.412 e. The van der Waals surface area contributed by atoms with Crippen LogP contribution in [0.15, 0.2) is 48.5 Å². The Morgan fingerprint density at radius 3 is 2.12 bits per heavy atom. The Bertz CT molecular complexity index is 955. The van der Waals surface area contributed by atoms with Crippen molar-refractivity contribution in [3.05, 3.63) is 59.7 Å². The van der Waals surface area contributed by atoms with Crippen molar-refractivity contribution >= 4 is 41.6 Å². The molecule has 3 aromatic carbocycles. The fourth-order valence-corrected chi connectivity index (χ4v) is 5.18. The highest BCUT2D eigenvalue weighted by Crippen LogP contribution is 2.48. The summed E-state index contributed by atoms with van der Waals surface area (Å²) in [5.74, 6) is 0. The van der Waals surface area contributed by atoms with E-state index in [-0.39, 0.29) is 5.41 Å². The molecule has 0 amide bonds. The van der Waals surface area contributed by atoms with Gasteiger partial charge in [-0.05, 0) is 56.3 Å². The molecule has 0 saturated carbocycles. The molecule has 0 spiro atoms. The van der Waals surface area contributed by atoms with Crippen molar-refractivity contribution in [3.63, 3.8) is 0 Å². The summed E-state index contributed by atoms with van der Waals surface area (Å²) in [6.07, 6.45) is 2.44. The van der Waals surface area contributed by atoms with Crippen molar-refractivity contribution < 1.29 is 8.23 Å². The zero-order valence-electron chi connectivity index (χ0n) is 15.8. The van der Waals surface area contributed by atoms with Crippen LogP contribution in [0.1, 0.15) is 45.2 Å². The Hall–Kier alpha value is -1.47. The molecular formula is C22H24O2Si2. The van der Waals surface area contributed by atoms with Gasteiger partial charge in [0.05, 0.1) is 0 Å². The maximum absolute atomic E-state index is 4.56. The molecule has 5 rings (SSSR count). The maximum atomic E-state index is 4.56. The topological polar surface area (TPSA) is 18.5 Å². The zero-order valence-corrected chi connectivity index (χ0v) is 17.8. The smallest absolute Gasteiger partial charge is 0.412 e. The zero-order chi connectivity index (χ0) is 18.4. The van der Waals surface area contributed by atoms with Gasteiger partial charge < -0.3 is 8.23 Å². The molecule has 1 aliphatic carbocycles. The molecule has 4 heteroatoms. The molecule has 26 heavy (non-hydrogen) atoms. The van der Waals surface area contributed by atoms with Gasteiger partial charge in [0.25, 0.3) is 0 Å². The van der Waals surface area contributed by atoms with Crippen LogP contribution in [0, 0.1) is 5.41 Å². The largest absolute Gasteiger partial charge is 0.412 e. The Labute approximate surface area is 161 Å². The lowest BCUT2D eigenvalue weighted by Gasteiger charge is -2.43. The first-order valence-electron chi connectivity index (χ1n) is 9.13. The highest BCUT2D eigenvalue weighted by atomic mass is 28.4. The van der Waals surface area contributed by atoms with Crippen molar-refractivity contribution in [2.24, 2.45) is 5.41 Å². The summed E-state index contributed by atoms with van der Waals surface area (Å²) in [5, 5.41) is 5.58. The van der Waals surface area contributed by atoms with Gasteiger partial charge in [-0.3, -0.25) is 0 Å². The van der Waals surface area contributed by atoms with Crippen molar-refractivity contribution in [3.8, 4) is 0 Å². The normalized spacial score (nSPS) is 20.0. The molecule has 1 heterocycles. The molecule has 1 aliphatic heterocycles. The number of benzene rings is 3. The molecule has 0 atom stereocenters. The minimum Gasteiger partial charge on any atom is -0.412 e. The van der Waals surface area contributed by atoms with E-state index in [1.165, 1.54) is 34.4 Å². The van der Waals surface area contributed by atoms with E-state index in [1.54, 1.807) is 11.1 Å². The lowest BCUT2D eigenvalue weighted by atomic mass is 9.62. The van der Waals surface area contributed by atoms with Crippen LogP contribution in [-0.2, 0) is 20.1 Å². The Kier molecular flexibility index (Phi) is 4.55. The monoisotopic (exact) mass is 376 g/mol. The van der Waals surface area contributed by atoms with Crippen molar-refractivity contribution in [1.82, 2.24) is 0 Å². The van der Waals surface area contributed by atoms with Crippen LogP contribution >= 0.6 is 0 Å². The van der Waals surface area contributed by atoms with Gasteiger partial charge >= 0.3 is 20.0 Å². The first kappa shape index (κ1) is 17.9. The summed E-state index contributed by atoms with van der Waals surface area (Å²) in [7, 11) is 0.667. The Morgan fingerprint density at radius 2 is 1.42 bits per heavy atom. The van der Waals surface area contributed by atoms with Gasteiger partial charge in [-0.1, -0.05) is 76.2 Å². The van der Waals surface area contributed by atoms with Gasteiger partial charge in [0.1, 0.15) is 0 Å². The highest BCUT2D eigenvalue weighted by molar-refractivity contribution is 6.49. The van der Waals surface area contributed by atoms with Crippen molar-refractivity contribution in [2.45, 2.75) is 46.0 Å². The number of rotatable bonds is 0. The fraction of sp³-hybridized carbons (Fsp3) is 0.364. The molecule has 1 fully saturated rings. The molecule has 0 aromatic heterocycles. The summed E-state index contributed by atoms with van der Waals surface area (Å²) in [4.78, 5) is 0. The second-order valence-electron chi connectivity index (χ2n) is 8.75. The summed E-state index contributed by atoms with van der Waals surface area (Å²) >= 11 is 0. The van der Waals surface area contributed by atoms with E-state index in [4.69, 9.17) is 0 Å². The second kappa shape index (κ2) is 6.61. The minimum atomic E-state index is 0.261. The van der Waals surface area contributed by atoms with E-state index in [2.05, 4.69) is 84.5 Å². The van der Waals surface area contributed by atoms with Crippen LogP contribution in [-0.4, -0.2) is 20.0 Å². The van der Waals surface area contributed by atoms with Gasteiger partial charge in [-0.25, -0.2) is 0 Å². The predicted molar refractivity (Wildman–Crippen MR) is 110 cm³/mol. The first-order valence-corrected chi connectivity index (χ1v) is 10.8.